The molecule has 4 fully saturated rings. The molecule has 2 atom stereocenters. The first-order valence-corrected chi connectivity index (χ1v) is 13.7. The molecule has 0 radical (unpaired) electrons. The monoisotopic (exact) mass is 546 g/mol. The molecule has 4 aliphatic rings. The number of carbonyl (C=O) groups excluding carboxylic acids is 1. The van der Waals surface area contributed by atoms with Crippen LogP contribution >= 0.6 is 11.3 Å². The third-order valence-corrected chi connectivity index (χ3v) is 9.71. The average Bonchev–Trinajstić information content (AvgIpc) is 3.29. The van der Waals surface area contributed by atoms with Crippen molar-refractivity contribution in [2.45, 2.75) is 64.0 Å². The molecule has 4 saturated heterocycles. The number of likely N-dealkylation sites (tertiary alicyclic amines) is 1. The van der Waals surface area contributed by atoms with Gasteiger partial charge in [-0.2, -0.15) is 0 Å². The smallest absolute Gasteiger partial charge is 0.331 e. The number of benzene rings is 1. The van der Waals surface area contributed by atoms with E-state index < -0.39 is 5.54 Å². The van der Waals surface area contributed by atoms with Crippen LogP contribution in [0.5, 0.6) is 0 Å². The van der Waals surface area contributed by atoms with Crippen LogP contribution in [0, 0.1) is 12.8 Å². The largest absolute Gasteiger partial charge is 1.00 e. The summed E-state index contributed by atoms with van der Waals surface area (Å²) in [6.45, 7) is 10.9. The number of fused-ring (bicyclic) bond motifs is 3. The molecule has 5 heterocycles. The minimum absolute atomic E-state index is 0. The number of rotatable bonds is 7. The standard InChI is InChI=1S/C28H39N2O2S.BrH/c1-22-11-12-25(33-22)15-20-30-18-13-23(14-19-30)26(21-30)32-27(31)28(2,24-9-5-3-6-10-24)29-16-7-4-8-17-29;/h3,5-6,9-12,23,26H,4,7-8,13-21H2,1-2H3;1H/q+1;/p-1/t23?,26-,28-,30?;/m0./s1. The van der Waals surface area contributed by atoms with E-state index in [4.69, 9.17) is 4.74 Å². The van der Waals surface area contributed by atoms with Crippen LogP contribution in [0.15, 0.2) is 42.5 Å². The van der Waals surface area contributed by atoms with Crippen LogP contribution in [0.4, 0.5) is 0 Å². The number of piperidine rings is 4. The van der Waals surface area contributed by atoms with E-state index in [1.165, 1.54) is 48.7 Å². The van der Waals surface area contributed by atoms with Gasteiger partial charge >= 0.3 is 5.97 Å². The van der Waals surface area contributed by atoms with Gasteiger partial charge in [0.25, 0.3) is 0 Å². The molecule has 0 amide bonds. The fourth-order valence-electron chi connectivity index (χ4n) is 6.42. The van der Waals surface area contributed by atoms with Gasteiger partial charge in [0.05, 0.1) is 19.6 Å². The van der Waals surface area contributed by atoms with Crippen LogP contribution in [0.1, 0.15) is 54.3 Å². The highest BCUT2D eigenvalue weighted by Gasteiger charge is 2.50. The molecular weight excluding hydrogens is 508 g/mol. The first kappa shape index (κ1) is 25.9. The SMILES string of the molecule is Cc1ccc(CC[N+]23CCC(CC2)[C@@H](OC(=O)[C@](C)(c2ccccc2)N2CCCCC2)C3)s1.[Br-]. The molecule has 6 heteroatoms. The van der Waals surface area contributed by atoms with Gasteiger partial charge in [-0.15, -0.1) is 11.3 Å². The van der Waals surface area contributed by atoms with Crippen molar-refractivity contribution in [2.24, 2.45) is 5.92 Å². The molecule has 34 heavy (non-hydrogen) atoms. The second kappa shape index (κ2) is 10.8. The zero-order valence-electron chi connectivity index (χ0n) is 20.7. The van der Waals surface area contributed by atoms with E-state index in [1.54, 1.807) is 0 Å². The minimum atomic E-state index is -0.701. The summed E-state index contributed by atoms with van der Waals surface area (Å²) < 4.78 is 7.61. The number of quaternary nitrogens is 1. The summed E-state index contributed by atoms with van der Waals surface area (Å²) in [7, 11) is 0. The van der Waals surface area contributed by atoms with E-state index >= 15 is 0 Å². The van der Waals surface area contributed by atoms with Gasteiger partial charge in [0.1, 0.15) is 12.1 Å². The Morgan fingerprint density at radius 3 is 2.44 bits per heavy atom. The number of nitrogens with zero attached hydrogens (tertiary/aromatic N) is 2. The molecule has 0 unspecified atom stereocenters. The van der Waals surface area contributed by atoms with Gasteiger partial charge in [0.15, 0.2) is 6.10 Å². The van der Waals surface area contributed by atoms with Crippen LogP contribution in [0.2, 0.25) is 0 Å². The Hall–Kier alpha value is -1.21. The van der Waals surface area contributed by atoms with Crippen molar-refractivity contribution in [1.29, 1.82) is 0 Å². The topological polar surface area (TPSA) is 29.5 Å². The molecule has 0 aliphatic carbocycles. The Bertz CT molecular complexity index is 950. The van der Waals surface area contributed by atoms with E-state index in [0.29, 0.717) is 5.92 Å². The van der Waals surface area contributed by atoms with Crippen molar-refractivity contribution in [3.05, 3.63) is 57.8 Å². The molecular formula is C28H39BrN2O2S. The van der Waals surface area contributed by atoms with Gasteiger partial charge in [-0.25, -0.2) is 4.79 Å². The Balaban J connectivity index is 0.00000274. The highest BCUT2D eigenvalue weighted by Crippen LogP contribution is 2.39. The van der Waals surface area contributed by atoms with Crippen LogP contribution in [-0.4, -0.2) is 60.7 Å². The van der Waals surface area contributed by atoms with Gasteiger partial charge < -0.3 is 26.2 Å². The third-order valence-electron chi connectivity index (χ3n) is 8.65. The number of hydrogen-bond donors (Lipinski definition) is 0. The van der Waals surface area contributed by atoms with E-state index in [0.717, 1.165) is 48.9 Å². The Kier molecular flexibility index (Phi) is 8.23. The predicted octanol–water partition coefficient (Wildman–Crippen LogP) is 2.16. The molecule has 0 saturated carbocycles. The Labute approximate surface area is 219 Å². The summed E-state index contributed by atoms with van der Waals surface area (Å²) in [5, 5.41) is 0. The number of esters is 1. The van der Waals surface area contributed by atoms with Gasteiger partial charge in [0, 0.05) is 34.9 Å². The van der Waals surface area contributed by atoms with Crippen molar-refractivity contribution in [2.75, 3.05) is 39.3 Å². The molecule has 1 aromatic carbocycles. The van der Waals surface area contributed by atoms with E-state index in [1.807, 2.05) is 29.5 Å². The van der Waals surface area contributed by atoms with Gasteiger partial charge in [-0.1, -0.05) is 36.8 Å². The highest BCUT2D eigenvalue weighted by atomic mass is 79.9. The van der Waals surface area contributed by atoms with Gasteiger partial charge in [-0.05, 0) is 57.5 Å². The summed E-state index contributed by atoms with van der Waals surface area (Å²) in [6, 6.07) is 14.8. The third kappa shape index (κ3) is 5.16. The van der Waals surface area contributed by atoms with E-state index in [-0.39, 0.29) is 29.1 Å². The van der Waals surface area contributed by atoms with Gasteiger partial charge in [-0.3, -0.25) is 4.90 Å². The summed E-state index contributed by atoms with van der Waals surface area (Å²) >= 11 is 1.93. The normalized spacial score (nSPS) is 28.6. The second-order valence-electron chi connectivity index (χ2n) is 10.7. The molecule has 1 aromatic heterocycles. The van der Waals surface area contributed by atoms with Crippen molar-refractivity contribution < 1.29 is 31.0 Å². The lowest BCUT2D eigenvalue weighted by Gasteiger charge is -2.52. The first-order valence-electron chi connectivity index (χ1n) is 12.9. The molecule has 0 spiro atoms. The highest BCUT2D eigenvalue weighted by molar-refractivity contribution is 7.11. The van der Waals surface area contributed by atoms with Crippen LogP contribution in [0.3, 0.4) is 0 Å². The summed E-state index contributed by atoms with van der Waals surface area (Å²) in [6.07, 6.45) is 7.14. The number of hydrogen-bond acceptors (Lipinski definition) is 4. The molecule has 2 aromatic rings. The van der Waals surface area contributed by atoms with E-state index in [2.05, 4.69) is 43.0 Å². The number of thiophene rings is 1. The fourth-order valence-corrected chi connectivity index (χ4v) is 7.30. The molecule has 4 nitrogen and oxygen atoms in total. The summed E-state index contributed by atoms with van der Waals surface area (Å²) in [5.74, 6) is 0.487. The molecule has 6 rings (SSSR count). The maximum Gasteiger partial charge on any atom is 0.331 e. The van der Waals surface area contributed by atoms with Crippen LogP contribution < -0.4 is 17.0 Å². The molecule has 0 N–H and O–H groups in total. The summed E-state index contributed by atoms with van der Waals surface area (Å²) in [4.78, 5) is 19.2. The van der Waals surface area contributed by atoms with Crippen molar-refractivity contribution >= 4 is 17.3 Å². The summed E-state index contributed by atoms with van der Waals surface area (Å²) in [5.41, 5.74) is 0.364. The number of carbonyl (C=O) groups is 1. The van der Waals surface area contributed by atoms with Crippen LogP contribution in [-0.2, 0) is 21.5 Å². The lowest BCUT2D eigenvalue weighted by atomic mass is 9.82. The van der Waals surface area contributed by atoms with Crippen molar-refractivity contribution in [1.82, 2.24) is 4.90 Å². The average molecular weight is 548 g/mol. The first-order chi connectivity index (χ1) is 16.0. The number of ether oxygens (including phenoxy) is 1. The predicted molar refractivity (Wildman–Crippen MR) is 134 cm³/mol. The maximum atomic E-state index is 13.9. The van der Waals surface area contributed by atoms with Gasteiger partial charge in [0.2, 0.25) is 0 Å². The minimum Gasteiger partial charge on any atom is -1.00 e. The number of halogens is 1. The lowest BCUT2D eigenvalue weighted by molar-refractivity contribution is -0.946. The molecule has 2 bridgehead atoms. The fraction of sp³-hybridized carbons (Fsp3) is 0.607. The quantitative estimate of drug-likeness (QED) is 0.393. The molecule has 4 aliphatic heterocycles. The lowest BCUT2D eigenvalue weighted by Crippen LogP contribution is -3.00. The van der Waals surface area contributed by atoms with Crippen molar-refractivity contribution in [3.63, 3.8) is 0 Å². The molecule has 186 valence electrons. The van der Waals surface area contributed by atoms with E-state index in [9.17, 15) is 4.79 Å². The second-order valence-corrected chi connectivity index (χ2v) is 12.1. The van der Waals surface area contributed by atoms with Crippen molar-refractivity contribution in [3.8, 4) is 0 Å². The zero-order chi connectivity index (χ0) is 22.9. The Morgan fingerprint density at radius 2 is 1.79 bits per heavy atom. The zero-order valence-corrected chi connectivity index (χ0v) is 23.1. The van der Waals surface area contributed by atoms with Crippen LogP contribution in [0.25, 0.3) is 0 Å². The maximum absolute atomic E-state index is 13.9. The Morgan fingerprint density at radius 1 is 1.09 bits per heavy atom. The number of aryl methyl sites for hydroxylation is 1.